The van der Waals surface area contributed by atoms with Crippen LogP contribution in [-0.4, -0.2) is 31.3 Å². The summed E-state index contributed by atoms with van der Waals surface area (Å²) < 4.78 is 5.73. The third-order valence-corrected chi connectivity index (χ3v) is 4.06. The largest absolute Gasteiger partial charge is 0.490 e. The van der Waals surface area contributed by atoms with E-state index in [4.69, 9.17) is 4.74 Å². The van der Waals surface area contributed by atoms with Crippen LogP contribution >= 0.6 is 0 Å². The van der Waals surface area contributed by atoms with Crippen molar-refractivity contribution in [2.75, 3.05) is 24.6 Å². The first-order valence-corrected chi connectivity index (χ1v) is 7.42. The number of para-hydroxylation sites is 1. The summed E-state index contributed by atoms with van der Waals surface area (Å²) in [6.45, 7) is 3.35. The van der Waals surface area contributed by atoms with Gasteiger partial charge in [-0.3, -0.25) is 9.79 Å². The molecule has 2 aliphatic rings. The van der Waals surface area contributed by atoms with Crippen LogP contribution in [0.4, 0.5) is 5.69 Å². The van der Waals surface area contributed by atoms with Crippen LogP contribution in [0.3, 0.4) is 0 Å². The molecule has 0 fully saturated rings. The summed E-state index contributed by atoms with van der Waals surface area (Å²) in [7, 11) is 0. The highest BCUT2D eigenvalue weighted by molar-refractivity contribution is 6.20. The van der Waals surface area contributed by atoms with E-state index in [1.165, 1.54) is 5.56 Å². The molecule has 0 bridgehead atoms. The number of rotatable bonds is 1. The van der Waals surface area contributed by atoms with Gasteiger partial charge >= 0.3 is 0 Å². The number of carbonyl (C=O) groups is 1. The number of benzene rings is 2. The lowest BCUT2D eigenvalue weighted by molar-refractivity contribution is -0.117. The van der Waals surface area contributed by atoms with E-state index in [-0.39, 0.29) is 12.5 Å². The van der Waals surface area contributed by atoms with Gasteiger partial charge in [0.2, 0.25) is 5.91 Å². The molecule has 0 aliphatic carbocycles. The molecule has 0 unspecified atom stereocenters. The van der Waals surface area contributed by atoms with Crippen LogP contribution in [0.5, 0.6) is 5.75 Å². The molecule has 4 nitrogen and oxygen atoms in total. The minimum absolute atomic E-state index is 0.0275. The number of ether oxygens (including phenoxy) is 1. The SMILES string of the molecule is Cc1cccc(C2=NCC(=O)N3CCOc4cccc2c43)c1. The average molecular weight is 292 g/mol. The molecular weight excluding hydrogens is 276 g/mol. The fourth-order valence-electron chi connectivity index (χ4n) is 3.07. The number of hydrogen-bond acceptors (Lipinski definition) is 3. The Labute approximate surface area is 129 Å². The summed E-state index contributed by atoms with van der Waals surface area (Å²) in [6, 6.07) is 14.1. The molecule has 0 saturated heterocycles. The molecule has 22 heavy (non-hydrogen) atoms. The molecule has 0 aromatic heterocycles. The monoisotopic (exact) mass is 292 g/mol. The number of aryl methyl sites for hydroxylation is 1. The third kappa shape index (κ3) is 1.99. The third-order valence-electron chi connectivity index (χ3n) is 4.06. The molecule has 0 atom stereocenters. The zero-order chi connectivity index (χ0) is 15.1. The average Bonchev–Trinajstić information content (AvgIpc) is 2.67. The van der Waals surface area contributed by atoms with Crippen molar-refractivity contribution >= 4 is 17.3 Å². The van der Waals surface area contributed by atoms with E-state index >= 15 is 0 Å². The Morgan fingerprint density at radius 3 is 2.91 bits per heavy atom. The lowest BCUT2D eigenvalue weighted by Crippen LogP contribution is -2.39. The Hall–Kier alpha value is -2.62. The van der Waals surface area contributed by atoms with Crippen molar-refractivity contribution in [1.82, 2.24) is 0 Å². The molecule has 0 spiro atoms. The van der Waals surface area contributed by atoms with Gasteiger partial charge in [-0.2, -0.15) is 0 Å². The van der Waals surface area contributed by atoms with Gasteiger partial charge < -0.3 is 9.64 Å². The standard InChI is InChI=1S/C18H16N2O2/c1-12-4-2-5-13(10-12)17-14-6-3-7-15-18(14)20(8-9-22-15)16(21)11-19-17/h2-7,10H,8-9,11H2,1H3. The number of anilines is 1. The normalized spacial score (nSPS) is 16.5. The van der Waals surface area contributed by atoms with Crippen molar-refractivity contribution in [1.29, 1.82) is 0 Å². The predicted molar refractivity (Wildman–Crippen MR) is 86.0 cm³/mol. The molecule has 0 radical (unpaired) electrons. The molecule has 2 aliphatic heterocycles. The minimum atomic E-state index is 0.0275. The highest BCUT2D eigenvalue weighted by Crippen LogP contribution is 2.37. The van der Waals surface area contributed by atoms with Gasteiger partial charge in [-0.1, -0.05) is 35.9 Å². The van der Waals surface area contributed by atoms with Crippen molar-refractivity contribution in [2.45, 2.75) is 6.92 Å². The van der Waals surface area contributed by atoms with Gasteiger partial charge in [-0.15, -0.1) is 0 Å². The fraction of sp³-hybridized carbons (Fsp3) is 0.222. The molecule has 2 aromatic carbocycles. The number of aliphatic imine (C=N–C) groups is 1. The van der Waals surface area contributed by atoms with Crippen LogP contribution in [0, 0.1) is 6.92 Å². The van der Waals surface area contributed by atoms with E-state index in [0.717, 1.165) is 28.3 Å². The number of nitrogens with zero attached hydrogens (tertiary/aromatic N) is 2. The van der Waals surface area contributed by atoms with E-state index in [1.54, 1.807) is 4.90 Å². The van der Waals surface area contributed by atoms with Crippen molar-refractivity contribution in [3.63, 3.8) is 0 Å². The molecule has 0 N–H and O–H groups in total. The summed E-state index contributed by atoms with van der Waals surface area (Å²) in [5.74, 6) is 0.791. The second-order valence-electron chi connectivity index (χ2n) is 5.58. The van der Waals surface area contributed by atoms with Gasteiger partial charge in [0.1, 0.15) is 18.9 Å². The molecule has 4 heteroatoms. The topological polar surface area (TPSA) is 41.9 Å². The van der Waals surface area contributed by atoms with Gasteiger partial charge in [-0.05, 0) is 19.1 Å². The lowest BCUT2D eigenvalue weighted by Gasteiger charge is -2.30. The van der Waals surface area contributed by atoms with Crippen LogP contribution in [0.1, 0.15) is 16.7 Å². The Morgan fingerprint density at radius 2 is 2.05 bits per heavy atom. The molecule has 2 aromatic rings. The molecule has 1 amide bonds. The summed E-state index contributed by atoms with van der Waals surface area (Å²) in [4.78, 5) is 18.8. The molecular formula is C18H16N2O2. The first kappa shape index (κ1) is 13.1. The number of amides is 1. The second kappa shape index (κ2) is 4.98. The highest BCUT2D eigenvalue weighted by atomic mass is 16.5. The molecule has 2 heterocycles. The van der Waals surface area contributed by atoms with E-state index in [9.17, 15) is 4.79 Å². The van der Waals surface area contributed by atoms with E-state index in [0.29, 0.717) is 13.2 Å². The fourth-order valence-corrected chi connectivity index (χ4v) is 3.07. The zero-order valence-electron chi connectivity index (χ0n) is 12.4. The molecule has 0 saturated carbocycles. The van der Waals surface area contributed by atoms with Gasteiger partial charge in [0.05, 0.1) is 17.9 Å². The maximum Gasteiger partial charge on any atom is 0.248 e. The Bertz CT molecular complexity index is 795. The Morgan fingerprint density at radius 1 is 1.18 bits per heavy atom. The summed E-state index contributed by atoms with van der Waals surface area (Å²) in [6.07, 6.45) is 0. The Balaban J connectivity index is 1.95. The van der Waals surface area contributed by atoms with E-state index in [2.05, 4.69) is 24.0 Å². The van der Waals surface area contributed by atoms with Gasteiger partial charge in [0.25, 0.3) is 0 Å². The van der Waals surface area contributed by atoms with E-state index < -0.39 is 0 Å². The van der Waals surface area contributed by atoms with Gasteiger partial charge in [-0.25, -0.2) is 0 Å². The van der Waals surface area contributed by atoms with Crippen LogP contribution in [-0.2, 0) is 4.79 Å². The second-order valence-corrected chi connectivity index (χ2v) is 5.58. The first-order valence-electron chi connectivity index (χ1n) is 7.42. The predicted octanol–water partition coefficient (Wildman–Crippen LogP) is 2.57. The zero-order valence-corrected chi connectivity index (χ0v) is 12.4. The van der Waals surface area contributed by atoms with Crippen molar-refractivity contribution in [3.05, 3.63) is 59.2 Å². The van der Waals surface area contributed by atoms with Crippen molar-refractivity contribution in [2.24, 2.45) is 4.99 Å². The van der Waals surface area contributed by atoms with Crippen molar-refractivity contribution < 1.29 is 9.53 Å². The Kier molecular flexibility index (Phi) is 2.96. The summed E-state index contributed by atoms with van der Waals surface area (Å²) in [5, 5.41) is 0. The number of carbonyl (C=O) groups excluding carboxylic acids is 1. The highest BCUT2D eigenvalue weighted by Gasteiger charge is 2.30. The molecule has 110 valence electrons. The summed E-state index contributed by atoms with van der Waals surface area (Å²) in [5.41, 5.74) is 4.90. The smallest absolute Gasteiger partial charge is 0.248 e. The van der Waals surface area contributed by atoms with Gasteiger partial charge in [0.15, 0.2) is 0 Å². The van der Waals surface area contributed by atoms with Crippen molar-refractivity contribution in [3.8, 4) is 5.75 Å². The van der Waals surface area contributed by atoms with Crippen LogP contribution in [0.15, 0.2) is 47.5 Å². The number of hydrogen-bond donors (Lipinski definition) is 0. The maximum absolute atomic E-state index is 12.4. The van der Waals surface area contributed by atoms with E-state index in [1.807, 2.05) is 30.3 Å². The van der Waals surface area contributed by atoms with Crippen LogP contribution < -0.4 is 9.64 Å². The quantitative estimate of drug-likeness (QED) is 0.810. The van der Waals surface area contributed by atoms with Crippen LogP contribution in [0.25, 0.3) is 0 Å². The lowest BCUT2D eigenvalue weighted by atomic mass is 9.98. The van der Waals surface area contributed by atoms with Gasteiger partial charge in [0, 0.05) is 11.1 Å². The first-order chi connectivity index (χ1) is 10.7. The maximum atomic E-state index is 12.4. The van der Waals surface area contributed by atoms with Crippen LogP contribution in [0.2, 0.25) is 0 Å². The minimum Gasteiger partial charge on any atom is -0.490 e. The summed E-state index contributed by atoms with van der Waals surface area (Å²) >= 11 is 0. The molecule has 4 rings (SSSR count).